The lowest BCUT2D eigenvalue weighted by Crippen LogP contribution is -1.97. The monoisotopic (exact) mass is 318 g/mol. The fourth-order valence-corrected chi connectivity index (χ4v) is 2.50. The van der Waals surface area contributed by atoms with Crippen molar-refractivity contribution in [1.29, 1.82) is 0 Å². The molecule has 0 bridgehead atoms. The highest BCUT2D eigenvalue weighted by Gasteiger charge is 2.11. The average molecular weight is 319 g/mol. The molecular formula is C17H19BrO. The van der Waals surface area contributed by atoms with Crippen molar-refractivity contribution in [3.8, 4) is 11.5 Å². The summed E-state index contributed by atoms with van der Waals surface area (Å²) in [7, 11) is 0. The second-order valence-electron chi connectivity index (χ2n) is 4.69. The van der Waals surface area contributed by atoms with Gasteiger partial charge in [-0.15, -0.1) is 0 Å². The van der Waals surface area contributed by atoms with Crippen LogP contribution in [0.2, 0.25) is 0 Å². The van der Waals surface area contributed by atoms with Gasteiger partial charge in [-0.25, -0.2) is 0 Å². The number of ether oxygens (including phenoxy) is 1. The molecule has 1 unspecified atom stereocenters. The van der Waals surface area contributed by atoms with E-state index in [0.29, 0.717) is 5.92 Å². The molecule has 0 saturated carbocycles. The molecule has 0 aliphatic rings. The molecule has 19 heavy (non-hydrogen) atoms. The summed E-state index contributed by atoms with van der Waals surface area (Å²) < 4.78 is 6.12. The summed E-state index contributed by atoms with van der Waals surface area (Å²) in [6, 6.07) is 16.4. The predicted molar refractivity (Wildman–Crippen MR) is 84.3 cm³/mol. The van der Waals surface area contributed by atoms with Gasteiger partial charge in [0, 0.05) is 10.9 Å². The van der Waals surface area contributed by atoms with Gasteiger partial charge in [0.2, 0.25) is 0 Å². The van der Waals surface area contributed by atoms with E-state index in [1.165, 1.54) is 11.1 Å². The van der Waals surface area contributed by atoms with E-state index in [2.05, 4.69) is 48.0 Å². The number of hydrogen-bond donors (Lipinski definition) is 0. The molecule has 2 heteroatoms. The third-order valence-corrected chi connectivity index (χ3v) is 4.00. The molecule has 0 aliphatic carbocycles. The van der Waals surface area contributed by atoms with Crippen LogP contribution in [0.15, 0.2) is 48.5 Å². The molecule has 0 amide bonds. The quantitative estimate of drug-likeness (QED) is 0.625. The van der Waals surface area contributed by atoms with Gasteiger partial charge in [0.15, 0.2) is 0 Å². The average Bonchev–Trinajstić information content (AvgIpc) is 2.47. The fraction of sp³-hybridized carbons (Fsp3) is 0.294. The van der Waals surface area contributed by atoms with Gasteiger partial charge in [0.05, 0.1) is 0 Å². The Hall–Kier alpha value is -1.28. The molecular weight excluding hydrogens is 300 g/mol. The minimum atomic E-state index is 0.507. The third-order valence-electron chi connectivity index (χ3n) is 3.40. The van der Waals surface area contributed by atoms with Crippen molar-refractivity contribution in [2.24, 2.45) is 0 Å². The van der Waals surface area contributed by atoms with Crippen molar-refractivity contribution in [3.05, 3.63) is 59.7 Å². The van der Waals surface area contributed by atoms with E-state index < -0.39 is 0 Å². The topological polar surface area (TPSA) is 9.23 Å². The Morgan fingerprint density at radius 3 is 2.32 bits per heavy atom. The summed E-state index contributed by atoms with van der Waals surface area (Å²) >= 11 is 3.50. The van der Waals surface area contributed by atoms with E-state index in [-0.39, 0.29) is 0 Å². The second kappa shape index (κ2) is 6.76. The molecule has 1 nitrogen and oxygen atoms in total. The van der Waals surface area contributed by atoms with Crippen LogP contribution >= 0.6 is 15.9 Å². The molecule has 0 fully saturated rings. The van der Waals surface area contributed by atoms with Gasteiger partial charge in [0.1, 0.15) is 11.5 Å². The summed E-state index contributed by atoms with van der Waals surface area (Å²) in [6.07, 6.45) is 1.11. The lowest BCUT2D eigenvalue weighted by Gasteiger charge is -2.16. The van der Waals surface area contributed by atoms with Gasteiger partial charge < -0.3 is 4.74 Å². The number of halogens is 1. The normalized spacial score (nSPS) is 12.2. The molecule has 2 rings (SSSR count). The molecule has 0 spiro atoms. The van der Waals surface area contributed by atoms with Crippen molar-refractivity contribution in [2.75, 3.05) is 0 Å². The highest BCUT2D eigenvalue weighted by Crippen LogP contribution is 2.33. The van der Waals surface area contributed by atoms with E-state index in [1.54, 1.807) is 0 Å². The molecule has 0 N–H and O–H groups in total. The van der Waals surface area contributed by atoms with E-state index >= 15 is 0 Å². The Labute approximate surface area is 123 Å². The van der Waals surface area contributed by atoms with Crippen molar-refractivity contribution in [2.45, 2.75) is 31.5 Å². The minimum absolute atomic E-state index is 0.507. The van der Waals surface area contributed by atoms with Crippen molar-refractivity contribution in [1.82, 2.24) is 0 Å². The highest BCUT2D eigenvalue weighted by atomic mass is 79.9. The van der Waals surface area contributed by atoms with Crippen LogP contribution in [0.5, 0.6) is 11.5 Å². The first kappa shape index (κ1) is 14.1. The smallest absolute Gasteiger partial charge is 0.131 e. The van der Waals surface area contributed by atoms with Crippen LogP contribution in [0.4, 0.5) is 0 Å². The van der Waals surface area contributed by atoms with Crippen molar-refractivity contribution >= 4 is 15.9 Å². The zero-order chi connectivity index (χ0) is 13.7. The SMILES string of the molecule is CCC(C)c1ccccc1Oc1ccccc1CBr. The maximum absolute atomic E-state index is 6.12. The maximum atomic E-state index is 6.12. The van der Waals surface area contributed by atoms with Crippen LogP contribution in [0, 0.1) is 0 Å². The van der Waals surface area contributed by atoms with Crippen LogP contribution < -0.4 is 4.74 Å². The molecule has 2 aromatic carbocycles. The molecule has 1 atom stereocenters. The van der Waals surface area contributed by atoms with E-state index in [1.807, 2.05) is 30.3 Å². The number of para-hydroxylation sites is 2. The van der Waals surface area contributed by atoms with Gasteiger partial charge in [0.25, 0.3) is 0 Å². The lowest BCUT2D eigenvalue weighted by atomic mass is 9.98. The Morgan fingerprint density at radius 2 is 1.63 bits per heavy atom. The van der Waals surface area contributed by atoms with Crippen molar-refractivity contribution < 1.29 is 4.74 Å². The van der Waals surface area contributed by atoms with Gasteiger partial charge in [-0.05, 0) is 30.0 Å². The number of alkyl halides is 1. The standard InChI is InChI=1S/C17H19BrO/c1-3-13(2)15-9-5-7-11-17(15)19-16-10-6-4-8-14(16)12-18/h4-11,13H,3,12H2,1-2H3. The lowest BCUT2D eigenvalue weighted by molar-refractivity contribution is 0.466. The van der Waals surface area contributed by atoms with Crippen LogP contribution in [0.1, 0.15) is 37.3 Å². The first-order valence-electron chi connectivity index (χ1n) is 6.67. The van der Waals surface area contributed by atoms with Gasteiger partial charge in [-0.2, -0.15) is 0 Å². The van der Waals surface area contributed by atoms with Gasteiger partial charge >= 0.3 is 0 Å². The fourth-order valence-electron chi connectivity index (χ4n) is 2.03. The molecule has 0 saturated heterocycles. The molecule has 0 aliphatic heterocycles. The number of hydrogen-bond acceptors (Lipinski definition) is 1. The molecule has 100 valence electrons. The van der Waals surface area contributed by atoms with Crippen LogP contribution in [0.25, 0.3) is 0 Å². The molecule has 2 aromatic rings. The highest BCUT2D eigenvalue weighted by molar-refractivity contribution is 9.08. The van der Waals surface area contributed by atoms with Gasteiger partial charge in [-0.3, -0.25) is 0 Å². The largest absolute Gasteiger partial charge is 0.457 e. The van der Waals surface area contributed by atoms with Crippen LogP contribution in [-0.4, -0.2) is 0 Å². The molecule has 0 aromatic heterocycles. The summed E-state index contributed by atoms with van der Waals surface area (Å²) in [5.41, 5.74) is 2.44. The number of rotatable bonds is 5. The number of benzene rings is 2. The Kier molecular flexibility index (Phi) is 5.03. The summed E-state index contributed by atoms with van der Waals surface area (Å²) in [5, 5.41) is 0.800. The van der Waals surface area contributed by atoms with E-state index in [9.17, 15) is 0 Å². The second-order valence-corrected chi connectivity index (χ2v) is 5.25. The zero-order valence-electron chi connectivity index (χ0n) is 11.4. The molecule has 0 radical (unpaired) electrons. The first-order valence-corrected chi connectivity index (χ1v) is 7.79. The van der Waals surface area contributed by atoms with Crippen molar-refractivity contribution in [3.63, 3.8) is 0 Å². The third kappa shape index (κ3) is 3.38. The maximum Gasteiger partial charge on any atom is 0.131 e. The van der Waals surface area contributed by atoms with E-state index in [4.69, 9.17) is 4.74 Å². The zero-order valence-corrected chi connectivity index (χ0v) is 13.0. The summed E-state index contributed by atoms with van der Waals surface area (Å²) in [6.45, 7) is 4.44. The Morgan fingerprint density at radius 1 is 1.00 bits per heavy atom. The molecule has 0 heterocycles. The Balaban J connectivity index is 2.33. The summed E-state index contributed by atoms with van der Waals surface area (Å²) in [5.74, 6) is 2.40. The summed E-state index contributed by atoms with van der Waals surface area (Å²) in [4.78, 5) is 0. The van der Waals surface area contributed by atoms with Crippen LogP contribution in [0.3, 0.4) is 0 Å². The predicted octanol–water partition coefficient (Wildman–Crippen LogP) is 5.89. The Bertz CT molecular complexity index is 536. The van der Waals surface area contributed by atoms with E-state index in [0.717, 1.165) is 23.2 Å². The minimum Gasteiger partial charge on any atom is -0.457 e. The van der Waals surface area contributed by atoms with Gasteiger partial charge in [-0.1, -0.05) is 66.2 Å². The first-order chi connectivity index (χ1) is 9.26. The van der Waals surface area contributed by atoms with Crippen LogP contribution in [-0.2, 0) is 5.33 Å².